The SMILES string of the molecule is CSSC(=O)P(=O)([O-])[O-]. The molecule has 0 N–H and O–H groups in total. The molecule has 7 heteroatoms. The Hall–Kier alpha value is 0.520. The van der Waals surface area contributed by atoms with Crippen LogP contribution in [0.25, 0.3) is 0 Å². The van der Waals surface area contributed by atoms with E-state index in [4.69, 9.17) is 0 Å². The summed E-state index contributed by atoms with van der Waals surface area (Å²) in [6.07, 6.45) is 1.51. The van der Waals surface area contributed by atoms with E-state index < -0.39 is 12.5 Å². The molecule has 0 fully saturated rings. The first-order valence-electron chi connectivity index (χ1n) is 1.75. The molecule has 54 valence electrons. The lowest BCUT2D eigenvalue weighted by Gasteiger charge is -2.25. The van der Waals surface area contributed by atoms with Crippen molar-refractivity contribution in [2.45, 2.75) is 0 Å². The first kappa shape index (κ1) is 9.52. The average Bonchev–Trinajstić information content (AvgIpc) is 1.64. The monoisotopic (exact) mass is 186 g/mol. The zero-order chi connectivity index (χ0) is 7.49. The molecule has 0 aliphatic heterocycles. The molecule has 0 rings (SSSR count). The predicted octanol–water partition coefficient (Wildman–Crippen LogP) is 0.0313. The lowest BCUT2D eigenvalue weighted by atomic mass is 11.8. The van der Waals surface area contributed by atoms with E-state index in [1.807, 2.05) is 0 Å². The lowest BCUT2D eigenvalue weighted by Crippen LogP contribution is -2.18. The Morgan fingerprint density at radius 3 is 2.11 bits per heavy atom. The summed E-state index contributed by atoms with van der Waals surface area (Å²) in [6, 6.07) is 0. The van der Waals surface area contributed by atoms with E-state index in [1.165, 1.54) is 6.26 Å². The Kier molecular flexibility index (Phi) is 3.84. The average molecular weight is 186 g/mol. The molecule has 0 atom stereocenters. The van der Waals surface area contributed by atoms with Gasteiger partial charge in [-0.25, -0.2) is 0 Å². The highest BCUT2D eigenvalue weighted by Crippen LogP contribution is 2.37. The smallest absolute Gasteiger partial charge is 0.228 e. The quantitative estimate of drug-likeness (QED) is 0.447. The molecule has 9 heavy (non-hydrogen) atoms. The Bertz CT molecular complexity index is 151. The Morgan fingerprint density at radius 1 is 1.56 bits per heavy atom. The van der Waals surface area contributed by atoms with Crippen molar-refractivity contribution < 1.29 is 19.1 Å². The van der Waals surface area contributed by atoms with Gasteiger partial charge in [-0.3, -0.25) is 4.79 Å². The number of carbonyl (C=O) groups excluding carboxylic acids is 1. The molecule has 0 spiro atoms. The fourth-order valence-electron chi connectivity index (χ4n) is 0.117. The minimum atomic E-state index is -4.97. The standard InChI is InChI=1S/C2H5O4PS2/c1-8-9-2(3)7(4,5)6/h1H3,(H2,4,5,6)/p-2. The minimum Gasteiger partial charge on any atom is -0.805 e. The third-order valence-corrected chi connectivity index (χ3v) is 3.40. The maximum atomic E-state index is 10.1. The van der Waals surface area contributed by atoms with E-state index in [2.05, 4.69) is 0 Å². The van der Waals surface area contributed by atoms with Gasteiger partial charge in [0.25, 0.3) is 0 Å². The maximum Gasteiger partial charge on any atom is 0.228 e. The first-order valence-corrected chi connectivity index (χ1v) is 5.86. The molecular formula is C2H3O4PS2-2. The fourth-order valence-corrected chi connectivity index (χ4v) is 2.54. The van der Waals surface area contributed by atoms with Crippen LogP contribution in [-0.4, -0.2) is 11.1 Å². The van der Waals surface area contributed by atoms with Gasteiger partial charge in [-0.15, -0.1) is 0 Å². The molecule has 4 nitrogen and oxygen atoms in total. The molecule has 0 aliphatic rings. The summed E-state index contributed by atoms with van der Waals surface area (Å²) in [5.41, 5.74) is 0. The molecule has 0 bridgehead atoms. The summed E-state index contributed by atoms with van der Waals surface area (Å²) in [4.78, 5) is 28.4. The van der Waals surface area contributed by atoms with Crippen molar-refractivity contribution in [3.63, 3.8) is 0 Å². The Morgan fingerprint density at radius 2 is 2.00 bits per heavy atom. The van der Waals surface area contributed by atoms with Crippen molar-refractivity contribution in [2.24, 2.45) is 0 Å². The topological polar surface area (TPSA) is 80.3 Å². The lowest BCUT2D eigenvalue weighted by molar-refractivity contribution is -0.306. The Balaban J connectivity index is 3.90. The Labute approximate surface area is 60.0 Å². The highest BCUT2D eigenvalue weighted by Gasteiger charge is 2.04. The van der Waals surface area contributed by atoms with Crippen LogP contribution in [0.5, 0.6) is 0 Å². The number of hydrogen-bond donors (Lipinski definition) is 0. The summed E-state index contributed by atoms with van der Waals surface area (Å²) in [5, 5.41) is 0. The van der Waals surface area contributed by atoms with Gasteiger partial charge in [0, 0.05) is 7.60 Å². The van der Waals surface area contributed by atoms with Crippen LogP contribution in [0, 0.1) is 0 Å². The normalized spacial score (nSPS) is 11.4. The van der Waals surface area contributed by atoms with Crippen LogP contribution in [0.2, 0.25) is 0 Å². The summed E-state index contributed by atoms with van der Waals surface area (Å²) >= 11 is 0. The van der Waals surface area contributed by atoms with Crippen LogP contribution in [0.3, 0.4) is 0 Å². The van der Waals surface area contributed by atoms with E-state index in [-0.39, 0.29) is 0 Å². The van der Waals surface area contributed by atoms with Crippen LogP contribution in [0.4, 0.5) is 4.79 Å². The molecular weight excluding hydrogens is 183 g/mol. The van der Waals surface area contributed by atoms with Crippen molar-refractivity contribution >= 4 is 34.0 Å². The highest BCUT2D eigenvalue weighted by molar-refractivity contribution is 8.84. The van der Waals surface area contributed by atoms with E-state index in [0.29, 0.717) is 10.8 Å². The van der Waals surface area contributed by atoms with Crippen LogP contribution in [-0.2, 0) is 4.57 Å². The van der Waals surface area contributed by atoms with Crippen molar-refractivity contribution in [2.75, 3.05) is 6.26 Å². The largest absolute Gasteiger partial charge is 0.805 e. The molecule has 0 aromatic rings. The number of carbonyl (C=O) groups is 1. The van der Waals surface area contributed by atoms with Crippen LogP contribution < -0.4 is 9.79 Å². The van der Waals surface area contributed by atoms with Gasteiger partial charge < -0.3 is 14.4 Å². The van der Waals surface area contributed by atoms with Crippen molar-refractivity contribution in [1.29, 1.82) is 0 Å². The zero-order valence-electron chi connectivity index (χ0n) is 4.40. The predicted molar refractivity (Wildman–Crippen MR) is 34.1 cm³/mol. The minimum absolute atomic E-state index is 0.428. The highest BCUT2D eigenvalue weighted by atomic mass is 33.1. The third kappa shape index (κ3) is 4.00. The summed E-state index contributed by atoms with van der Waals surface area (Å²) in [6.45, 7) is 0. The van der Waals surface area contributed by atoms with E-state index in [0.717, 1.165) is 10.8 Å². The van der Waals surface area contributed by atoms with E-state index in [9.17, 15) is 19.1 Å². The molecule has 0 saturated carbocycles. The van der Waals surface area contributed by atoms with Gasteiger partial charge in [-0.2, -0.15) is 0 Å². The summed E-state index contributed by atoms with van der Waals surface area (Å²) < 4.78 is 9.81. The maximum absolute atomic E-state index is 10.1. The third-order valence-electron chi connectivity index (χ3n) is 0.378. The summed E-state index contributed by atoms with van der Waals surface area (Å²) in [7, 11) is -3.61. The van der Waals surface area contributed by atoms with Gasteiger partial charge >= 0.3 is 0 Å². The zero-order valence-corrected chi connectivity index (χ0v) is 6.92. The molecule has 0 aliphatic carbocycles. The molecule has 0 aromatic heterocycles. The molecule has 0 amide bonds. The van der Waals surface area contributed by atoms with Gasteiger partial charge in [-0.05, 0) is 17.0 Å². The van der Waals surface area contributed by atoms with E-state index in [1.54, 1.807) is 0 Å². The van der Waals surface area contributed by atoms with Gasteiger partial charge in [0.05, 0.1) is 0 Å². The second kappa shape index (κ2) is 3.63. The van der Waals surface area contributed by atoms with Gasteiger partial charge in [-0.1, -0.05) is 10.8 Å². The van der Waals surface area contributed by atoms with Crippen molar-refractivity contribution in [3.05, 3.63) is 0 Å². The van der Waals surface area contributed by atoms with E-state index >= 15 is 0 Å². The van der Waals surface area contributed by atoms with Crippen molar-refractivity contribution in [3.8, 4) is 0 Å². The molecule has 0 heterocycles. The molecule has 0 radical (unpaired) electrons. The molecule has 0 aromatic carbocycles. The first-order chi connectivity index (χ1) is 3.98. The van der Waals surface area contributed by atoms with Crippen LogP contribution >= 0.6 is 29.2 Å². The van der Waals surface area contributed by atoms with Gasteiger partial charge in [0.1, 0.15) is 0 Å². The second-order valence-electron chi connectivity index (χ2n) is 1.01. The second-order valence-corrected chi connectivity index (χ2v) is 5.09. The number of rotatable bonds is 2. The molecule has 0 unspecified atom stereocenters. The van der Waals surface area contributed by atoms with Gasteiger partial charge in [0.15, 0.2) is 0 Å². The fraction of sp³-hybridized carbons (Fsp3) is 0.500. The molecule has 0 saturated heterocycles. The van der Waals surface area contributed by atoms with Crippen LogP contribution in [0.1, 0.15) is 0 Å². The van der Waals surface area contributed by atoms with Crippen LogP contribution in [0.15, 0.2) is 0 Å². The van der Waals surface area contributed by atoms with Gasteiger partial charge in [0.2, 0.25) is 4.86 Å². The van der Waals surface area contributed by atoms with Crippen molar-refractivity contribution in [1.82, 2.24) is 0 Å². The summed E-state index contributed by atoms with van der Waals surface area (Å²) in [5.74, 6) is 0. The number of hydrogen-bond acceptors (Lipinski definition) is 6.